The van der Waals surface area contributed by atoms with Gasteiger partial charge in [0.05, 0.1) is 6.10 Å². The van der Waals surface area contributed by atoms with Crippen LogP contribution in [0.5, 0.6) is 0 Å². The van der Waals surface area contributed by atoms with Crippen LogP contribution in [0.4, 0.5) is 4.39 Å². The third-order valence-corrected chi connectivity index (χ3v) is 5.32. The van der Waals surface area contributed by atoms with E-state index >= 15 is 0 Å². The number of aliphatic hydroxyl groups is 1. The lowest BCUT2D eigenvalue weighted by Crippen LogP contribution is -2.00. The Labute approximate surface area is 139 Å². The maximum Gasteiger partial charge on any atom is 0.123 e. The summed E-state index contributed by atoms with van der Waals surface area (Å²) in [6, 6.07) is 12.1. The number of fused-ring (bicyclic) bond motifs is 1. The average molecular weight is 386 g/mol. The molecule has 3 rings (SSSR count). The van der Waals surface area contributed by atoms with Gasteiger partial charge in [0.1, 0.15) is 5.82 Å². The molecule has 1 aromatic heterocycles. The largest absolute Gasteiger partial charge is 0.387 e. The molecule has 0 saturated heterocycles. The van der Waals surface area contributed by atoms with Crippen molar-refractivity contribution in [3.63, 3.8) is 0 Å². The first kappa shape index (κ1) is 15.0. The molecule has 5 heteroatoms. The van der Waals surface area contributed by atoms with Crippen molar-refractivity contribution in [1.82, 2.24) is 0 Å². The van der Waals surface area contributed by atoms with Crippen molar-refractivity contribution >= 4 is 49.0 Å². The molecule has 0 fully saturated rings. The molecule has 0 radical (unpaired) electrons. The van der Waals surface area contributed by atoms with E-state index in [2.05, 4.69) is 15.9 Å². The molecule has 1 heterocycles. The number of halogens is 3. The summed E-state index contributed by atoms with van der Waals surface area (Å²) in [5, 5.41) is 11.8. The SMILES string of the molecule is OC(Cc1ccc(Br)cc1Cl)c1cc2cc(F)ccc2s1. The molecule has 1 unspecified atom stereocenters. The van der Waals surface area contributed by atoms with Crippen LogP contribution in [0.25, 0.3) is 10.1 Å². The Morgan fingerprint density at radius 2 is 2.00 bits per heavy atom. The summed E-state index contributed by atoms with van der Waals surface area (Å²) in [5.41, 5.74) is 0.885. The second-order valence-corrected chi connectivity index (χ2v) is 7.22. The highest BCUT2D eigenvalue weighted by molar-refractivity contribution is 9.10. The minimum atomic E-state index is -0.649. The molecule has 3 aromatic rings. The van der Waals surface area contributed by atoms with E-state index in [1.54, 1.807) is 6.07 Å². The van der Waals surface area contributed by atoms with Gasteiger partial charge in [0.15, 0.2) is 0 Å². The summed E-state index contributed by atoms with van der Waals surface area (Å²) in [4.78, 5) is 0.814. The summed E-state index contributed by atoms with van der Waals surface area (Å²) in [6.07, 6.45) is -0.217. The molecule has 2 aromatic carbocycles. The van der Waals surface area contributed by atoms with Crippen molar-refractivity contribution in [3.05, 3.63) is 68.2 Å². The topological polar surface area (TPSA) is 20.2 Å². The Kier molecular flexibility index (Phi) is 4.31. The summed E-state index contributed by atoms with van der Waals surface area (Å²) in [7, 11) is 0. The molecule has 0 aliphatic heterocycles. The fraction of sp³-hybridized carbons (Fsp3) is 0.125. The first-order valence-corrected chi connectivity index (χ1v) is 8.32. The predicted molar refractivity (Wildman–Crippen MR) is 89.6 cm³/mol. The van der Waals surface area contributed by atoms with Gasteiger partial charge in [-0.15, -0.1) is 11.3 Å². The second kappa shape index (κ2) is 6.05. The standard InChI is InChI=1S/C16H11BrClFOS/c17-11-2-1-9(13(18)8-11)6-14(20)16-7-10-5-12(19)3-4-15(10)21-16/h1-5,7-8,14,20H,6H2. The van der Waals surface area contributed by atoms with Gasteiger partial charge in [-0.2, -0.15) is 0 Å². The van der Waals surface area contributed by atoms with Gasteiger partial charge in [-0.3, -0.25) is 0 Å². The molecule has 0 aliphatic carbocycles. The number of hydrogen-bond acceptors (Lipinski definition) is 2. The molecule has 108 valence electrons. The first-order chi connectivity index (χ1) is 10.0. The van der Waals surface area contributed by atoms with Gasteiger partial charge >= 0.3 is 0 Å². The first-order valence-electron chi connectivity index (χ1n) is 6.34. The zero-order valence-corrected chi connectivity index (χ0v) is 14.0. The molecule has 1 atom stereocenters. The monoisotopic (exact) mass is 384 g/mol. The van der Waals surface area contributed by atoms with Crippen molar-refractivity contribution < 1.29 is 9.50 Å². The number of hydrogen-bond donors (Lipinski definition) is 1. The van der Waals surface area contributed by atoms with E-state index in [1.165, 1.54) is 23.5 Å². The van der Waals surface area contributed by atoms with E-state index in [0.717, 1.165) is 25.0 Å². The van der Waals surface area contributed by atoms with E-state index in [1.807, 2.05) is 24.3 Å². The molecule has 0 bridgehead atoms. The fourth-order valence-electron chi connectivity index (χ4n) is 2.20. The molecule has 0 spiro atoms. The normalized spacial score (nSPS) is 12.8. The zero-order chi connectivity index (χ0) is 15.0. The van der Waals surface area contributed by atoms with Gasteiger partial charge in [0.25, 0.3) is 0 Å². The lowest BCUT2D eigenvalue weighted by atomic mass is 10.1. The third-order valence-electron chi connectivity index (χ3n) is 3.25. The Morgan fingerprint density at radius 3 is 2.76 bits per heavy atom. The quantitative estimate of drug-likeness (QED) is 0.610. The van der Waals surface area contributed by atoms with E-state index in [-0.39, 0.29) is 5.82 Å². The molecule has 21 heavy (non-hydrogen) atoms. The van der Waals surface area contributed by atoms with Crippen LogP contribution < -0.4 is 0 Å². The van der Waals surface area contributed by atoms with Gasteiger partial charge in [0.2, 0.25) is 0 Å². The van der Waals surface area contributed by atoms with Crippen LogP contribution in [-0.4, -0.2) is 5.11 Å². The van der Waals surface area contributed by atoms with E-state index < -0.39 is 6.10 Å². The third kappa shape index (κ3) is 3.29. The van der Waals surface area contributed by atoms with Crippen molar-refractivity contribution in [2.45, 2.75) is 12.5 Å². The minimum absolute atomic E-state index is 0.266. The van der Waals surface area contributed by atoms with Gasteiger partial charge in [-0.05, 0) is 47.3 Å². The summed E-state index contributed by atoms with van der Waals surface area (Å²) >= 11 is 11.0. The van der Waals surface area contributed by atoms with Gasteiger partial charge < -0.3 is 5.11 Å². The van der Waals surface area contributed by atoms with E-state index in [9.17, 15) is 9.50 Å². The van der Waals surface area contributed by atoms with Crippen LogP contribution in [0, 0.1) is 5.82 Å². The van der Waals surface area contributed by atoms with Crippen LogP contribution in [0.2, 0.25) is 5.02 Å². The Morgan fingerprint density at radius 1 is 1.19 bits per heavy atom. The van der Waals surface area contributed by atoms with E-state index in [4.69, 9.17) is 11.6 Å². The van der Waals surface area contributed by atoms with Gasteiger partial charge in [-0.1, -0.05) is 33.6 Å². The van der Waals surface area contributed by atoms with Crippen molar-refractivity contribution in [2.24, 2.45) is 0 Å². The number of aliphatic hydroxyl groups excluding tert-OH is 1. The molecule has 0 amide bonds. The highest BCUT2D eigenvalue weighted by Crippen LogP contribution is 2.33. The molecule has 1 N–H and O–H groups in total. The summed E-state index contributed by atoms with van der Waals surface area (Å²) < 4.78 is 15.1. The predicted octanol–water partition coefficient (Wildman–Crippen LogP) is 5.73. The maximum absolute atomic E-state index is 13.2. The summed E-state index contributed by atoms with van der Waals surface area (Å²) in [6.45, 7) is 0. The van der Waals surface area contributed by atoms with Crippen LogP contribution >= 0.6 is 38.9 Å². The number of rotatable bonds is 3. The van der Waals surface area contributed by atoms with Crippen molar-refractivity contribution in [1.29, 1.82) is 0 Å². The maximum atomic E-state index is 13.2. The highest BCUT2D eigenvalue weighted by Gasteiger charge is 2.14. The Hall–Kier alpha value is -0.940. The lowest BCUT2D eigenvalue weighted by molar-refractivity contribution is 0.182. The molecule has 1 nitrogen and oxygen atoms in total. The lowest BCUT2D eigenvalue weighted by Gasteiger charge is -2.10. The highest BCUT2D eigenvalue weighted by atomic mass is 79.9. The Balaban J connectivity index is 1.87. The smallest absolute Gasteiger partial charge is 0.123 e. The number of thiophene rings is 1. The molecular weight excluding hydrogens is 375 g/mol. The summed E-state index contributed by atoms with van der Waals surface area (Å²) in [5.74, 6) is -0.266. The Bertz CT molecular complexity index is 802. The second-order valence-electron chi connectivity index (χ2n) is 4.79. The van der Waals surface area contributed by atoms with Crippen molar-refractivity contribution in [3.8, 4) is 0 Å². The van der Waals surface area contributed by atoms with Gasteiger partial charge in [-0.25, -0.2) is 4.39 Å². The van der Waals surface area contributed by atoms with Crippen molar-refractivity contribution in [2.75, 3.05) is 0 Å². The van der Waals surface area contributed by atoms with Crippen LogP contribution in [0.1, 0.15) is 16.5 Å². The average Bonchev–Trinajstić information content (AvgIpc) is 2.85. The van der Waals surface area contributed by atoms with Crippen LogP contribution in [0.15, 0.2) is 46.9 Å². The van der Waals surface area contributed by atoms with Crippen LogP contribution in [-0.2, 0) is 6.42 Å². The zero-order valence-electron chi connectivity index (χ0n) is 10.8. The fourth-order valence-corrected chi connectivity index (χ4v) is 3.98. The molecular formula is C16H11BrClFOS. The molecule has 0 aliphatic rings. The number of benzene rings is 2. The molecule has 0 saturated carbocycles. The van der Waals surface area contributed by atoms with Gasteiger partial charge in [0, 0.05) is 25.5 Å². The van der Waals surface area contributed by atoms with E-state index in [0.29, 0.717) is 11.4 Å². The van der Waals surface area contributed by atoms with Crippen LogP contribution in [0.3, 0.4) is 0 Å². The minimum Gasteiger partial charge on any atom is -0.387 e.